The molecule has 0 aliphatic carbocycles. The number of carboxylic acids is 1. The average Bonchev–Trinajstić information content (AvgIpc) is 2.95. The fourth-order valence-corrected chi connectivity index (χ4v) is 5.10. The quantitative estimate of drug-likeness (QED) is 0.279. The summed E-state index contributed by atoms with van der Waals surface area (Å²) in [7, 11) is 0. The third-order valence-corrected chi connectivity index (χ3v) is 7.23. The highest BCUT2D eigenvalue weighted by molar-refractivity contribution is 6.33. The minimum absolute atomic E-state index is 0.0665. The van der Waals surface area contributed by atoms with Crippen LogP contribution in [0.25, 0.3) is 22.3 Å². The molecule has 0 unspecified atom stereocenters. The number of aliphatic carboxylic acids is 1. The standard InChI is InChI=1S/C30H28ClFN4O3/c31-23-5-1-3-7-27(23)35-15-17-36(18-16-35)30(39)21-11-14-24-26(19-21)33-25(6-2-4-8-28(37)38)29(34-24)20-9-12-22(32)13-10-20/h1,3,5,7,9-14,19H,2,4,6,8,15-18H2,(H,37,38). The zero-order chi connectivity index (χ0) is 27.4. The number of piperazine rings is 1. The van der Waals surface area contributed by atoms with Gasteiger partial charge in [0.05, 0.1) is 33.1 Å². The van der Waals surface area contributed by atoms with E-state index in [4.69, 9.17) is 26.7 Å². The van der Waals surface area contributed by atoms with Crippen molar-refractivity contribution in [1.82, 2.24) is 14.9 Å². The van der Waals surface area contributed by atoms with Crippen molar-refractivity contribution in [1.29, 1.82) is 0 Å². The van der Waals surface area contributed by atoms with Crippen LogP contribution in [0.2, 0.25) is 5.02 Å². The number of halogens is 2. The van der Waals surface area contributed by atoms with Crippen molar-refractivity contribution in [3.05, 3.63) is 88.8 Å². The summed E-state index contributed by atoms with van der Waals surface area (Å²) in [5.41, 5.74) is 4.79. The van der Waals surface area contributed by atoms with E-state index in [-0.39, 0.29) is 18.1 Å². The number of aryl methyl sites for hydroxylation is 1. The number of rotatable bonds is 8. The van der Waals surface area contributed by atoms with Crippen molar-refractivity contribution >= 4 is 40.2 Å². The topological polar surface area (TPSA) is 86.6 Å². The smallest absolute Gasteiger partial charge is 0.303 e. The molecule has 1 saturated heterocycles. The van der Waals surface area contributed by atoms with Gasteiger partial charge < -0.3 is 14.9 Å². The molecule has 1 aromatic heterocycles. The van der Waals surface area contributed by atoms with Crippen molar-refractivity contribution in [2.45, 2.75) is 25.7 Å². The SMILES string of the molecule is O=C(O)CCCCc1nc2cc(C(=O)N3CCN(c4ccccc4Cl)CC3)ccc2nc1-c1ccc(F)cc1. The molecule has 7 nitrogen and oxygen atoms in total. The molecule has 4 aromatic rings. The van der Waals surface area contributed by atoms with Crippen LogP contribution < -0.4 is 4.90 Å². The summed E-state index contributed by atoms with van der Waals surface area (Å²) in [5, 5.41) is 9.68. The van der Waals surface area contributed by atoms with Crippen LogP contribution >= 0.6 is 11.6 Å². The minimum atomic E-state index is -0.839. The number of carbonyl (C=O) groups excluding carboxylic acids is 1. The lowest BCUT2D eigenvalue weighted by Crippen LogP contribution is -2.48. The van der Waals surface area contributed by atoms with Crippen molar-refractivity contribution < 1.29 is 19.1 Å². The molecule has 5 rings (SSSR count). The first-order valence-corrected chi connectivity index (χ1v) is 13.3. The van der Waals surface area contributed by atoms with E-state index in [1.807, 2.05) is 29.2 Å². The Morgan fingerprint density at radius 2 is 1.64 bits per heavy atom. The zero-order valence-corrected chi connectivity index (χ0v) is 22.1. The Bertz CT molecular complexity index is 1500. The summed E-state index contributed by atoms with van der Waals surface area (Å²) >= 11 is 6.35. The van der Waals surface area contributed by atoms with E-state index < -0.39 is 5.97 Å². The first-order valence-electron chi connectivity index (χ1n) is 13.0. The monoisotopic (exact) mass is 546 g/mol. The van der Waals surface area contributed by atoms with Gasteiger partial charge in [0.25, 0.3) is 5.91 Å². The summed E-state index contributed by atoms with van der Waals surface area (Å²) in [6.07, 6.45) is 1.73. The van der Waals surface area contributed by atoms with Gasteiger partial charge in [0, 0.05) is 43.7 Å². The van der Waals surface area contributed by atoms with Crippen LogP contribution in [0.4, 0.5) is 10.1 Å². The van der Waals surface area contributed by atoms with E-state index >= 15 is 0 Å². The van der Waals surface area contributed by atoms with Crippen LogP contribution in [0.1, 0.15) is 35.3 Å². The highest BCUT2D eigenvalue weighted by Crippen LogP contribution is 2.28. The van der Waals surface area contributed by atoms with Gasteiger partial charge in [-0.15, -0.1) is 0 Å². The Balaban J connectivity index is 1.37. The molecule has 0 radical (unpaired) electrons. The molecular formula is C30H28ClFN4O3. The van der Waals surface area contributed by atoms with Gasteiger partial charge >= 0.3 is 5.97 Å². The van der Waals surface area contributed by atoms with E-state index in [2.05, 4.69) is 4.90 Å². The maximum Gasteiger partial charge on any atom is 0.303 e. The van der Waals surface area contributed by atoms with Gasteiger partial charge in [-0.3, -0.25) is 9.59 Å². The molecular weight excluding hydrogens is 519 g/mol. The van der Waals surface area contributed by atoms with Gasteiger partial charge in [-0.25, -0.2) is 14.4 Å². The predicted octanol–water partition coefficient (Wildman–Crippen LogP) is 5.85. The van der Waals surface area contributed by atoms with Gasteiger partial charge in [0.15, 0.2) is 0 Å². The van der Waals surface area contributed by atoms with Gasteiger partial charge in [-0.2, -0.15) is 0 Å². The summed E-state index contributed by atoms with van der Waals surface area (Å²) in [6, 6.07) is 19.1. The Kier molecular flexibility index (Phi) is 8.02. The molecule has 2 heterocycles. The van der Waals surface area contributed by atoms with E-state index in [1.165, 1.54) is 12.1 Å². The Labute approximate surface area is 230 Å². The Morgan fingerprint density at radius 1 is 0.897 bits per heavy atom. The lowest BCUT2D eigenvalue weighted by atomic mass is 10.0. The number of aromatic nitrogens is 2. The number of benzene rings is 3. The number of fused-ring (bicyclic) bond motifs is 1. The van der Waals surface area contributed by atoms with Crippen LogP contribution in [0.5, 0.6) is 0 Å². The summed E-state index contributed by atoms with van der Waals surface area (Å²) in [6.45, 7) is 2.52. The molecule has 9 heteroatoms. The Hall–Kier alpha value is -4.04. The van der Waals surface area contributed by atoms with E-state index in [0.717, 1.165) is 11.3 Å². The molecule has 1 aliphatic heterocycles. The van der Waals surface area contributed by atoms with Crippen LogP contribution in [-0.4, -0.2) is 58.0 Å². The first-order chi connectivity index (χ1) is 18.9. The van der Waals surface area contributed by atoms with E-state index in [9.17, 15) is 14.0 Å². The summed E-state index contributed by atoms with van der Waals surface area (Å²) in [5.74, 6) is -1.25. The molecule has 1 N–H and O–H groups in total. The minimum Gasteiger partial charge on any atom is -0.481 e. The second-order valence-electron chi connectivity index (χ2n) is 9.56. The van der Waals surface area contributed by atoms with E-state index in [0.29, 0.717) is 78.4 Å². The third-order valence-electron chi connectivity index (χ3n) is 6.92. The molecule has 1 aliphatic rings. The maximum atomic E-state index is 13.5. The predicted molar refractivity (Wildman–Crippen MR) is 150 cm³/mol. The molecule has 0 saturated carbocycles. The second kappa shape index (κ2) is 11.8. The molecule has 3 aromatic carbocycles. The van der Waals surface area contributed by atoms with Crippen LogP contribution in [0, 0.1) is 5.82 Å². The number of carbonyl (C=O) groups is 2. The number of hydrogen-bond donors (Lipinski definition) is 1. The van der Waals surface area contributed by atoms with Crippen LogP contribution in [0.15, 0.2) is 66.7 Å². The summed E-state index contributed by atoms with van der Waals surface area (Å²) < 4.78 is 13.5. The molecule has 200 valence electrons. The van der Waals surface area contributed by atoms with Crippen LogP contribution in [-0.2, 0) is 11.2 Å². The van der Waals surface area contributed by atoms with Gasteiger partial charge in [0.2, 0.25) is 0 Å². The normalized spacial score (nSPS) is 13.6. The number of carboxylic acid groups (broad SMARTS) is 1. The van der Waals surface area contributed by atoms with Gasteiger partial charge in [-0.05, 0) is 73.9 Å². The number of hydrogen-bond acceptors (Lipinski definition) is 5. The number of para-hydroxylation sites is 1. The number of unbranched alkanes of at least 4 members (excludes halogenated alkanes) is 1. The number of anilines is 1. The largest absolute Gasteiger partial charge is 0.481 e. The maximum absolute atomic E-state index is 13.5. The fraction of sp³-hybridized carbons (Fsp3) is 0.267. The molecule has 0 atom stereocenters. The van der Waals surface area contributed by atoms with Gasteiger partial charge in [-0.1, -0.05) is 23.7 Å². The number of nitrogens with zero attached hydrogens (tertiary/aromatic N) is 4. The molecule has 1 amide bonds. The molecule has 0 spiro atoms. The van der Waals surface area contributed by atoms with Crippen molar-refractivity contribution in [3.8, 4) is 11.3 Å². The molecule has 1 fully saturated rings. The fourth-order valence-electron chi connectivity index (χ4n) is 4.85. The lowest BCUT2D eigenvalue weighted by molar-refractivity contribution is -0.137. The lowest BCUT2D eigenvalue weighted by Gasteiger charge is -2.36. The third kappa shape index (κ3) is 6.17. The van der Waals surface area contributed by atoms with Gasteiger partial charge in [0.1, 0.15) is 5.82 Å². The summed E-state index contributed by atoms with van der Waals surface area (Å²) in [4.78, 5) is 38.0. The molecule has 39 heavy (non-hydrogen) atoms. The average molecular weight is 547 g/mol. The zero-order valence-electron chi connectivity index (χ0n) is 21.3. The van der Waals surface area contributed by atoms with Crippen molar-refractivity contribution in [2.24, 2.45) is 0 Å². The van der Waals surface area contributed by atoms with Crippen molar-refractivity contribution in [2.75, 3.05) is 31.1 Å². The first kappa shape index (κ1) is 26.6. The highest BCUT2D eigenvalue weighted by Gasteiger charge is 2.24. The van der Waals surface area contributed by atoms with E-state index in [1.54, 1.807) is 30.3 Å². The second-order valence-corrected chi connectivity index (χ2v) is 9.97. The highest BCUT2D eigenvalue weighted by atomic mass is 35.5. The van der Waals surface area contributed by atoms with Crippen LogP contribution in [0.3, 0.4) is 0 Å². The molecule has 0 bridgehead atoms. The van der Waals surface area contributed by atoms with Crippen molar-refractivity contribution in [3.63, 3.8) is 0 Å². The number of amides is 1. The Morgan fingerprint density at radius 3 is 2.36 bits per heavy atom.